The number of benzene rings is 4. The van der Waals surface area contributed by atoms with Crippen molar-refractivity contribution >= 4 is 45.8 Å². The Morgan fingerprint density at radius 2 is 1.51 bits per heavy atom. The molecule has 2 amide bonds. The molecule has 1 aliphatic rings. The Morgan fingerprint density at radius 1 is 0.860 bits per heavy atom. The van der Waals surface area contributed by atoms with Crippen LogP contribution in [0.4, 0.5) is 11.4 Å². The normalized spacial score (nSPS) is 12.3. The highest BCUT2D eigenvalue weighted by atomic mass is 16.6. The minimum absolute atomic E-state index is 0.156. The van der Waals surface area contributed by atoms with E-state index in [9.17, 15) is 29.3 Å². The van der Waals surface area contributed by atoms with Crippen molar-refractivity contribution in [2.45, 2.75) is 6.92 Å². The number of nitrogens with zero attached hydrogens (tertiary/aromatic N) is 3. The van der Waals surface area contributed by atoms with E-state index in [2.05, 4.69) is 0 Å². The smallest absolute Gasteiger partial charge is 0.339 e. The monoisotopic (exact) mass is 571 g/mol. The van der Waals surface area contributed by atoms with E-state index < -0.39 is 35.1 Å². The molecule has 0 saturated heterocycles. The number of hydrogen-bond donors (Lipinski definition) is 0. The van der Waals surface area contributed by atoms with Crippen LogP contribution < -0.4 is 4.90 Å². The van der Waals surface area contributed by atoms with Crippen molar-refractivity contribution in [2.24, 2.45) is 0 Å². The lowest BCUT2D eigenvalue weighted by molar-refractivity contribution is -0.384. The van der Waals surface area contributed by atoms with Crippen molar-refractivity contribution in [1.29, 1.82) is 0 Å². The number of amides is 2. The number of aromatic nitrogens is 1. The van der Waals surface area contributed by atoms with Gasteiger partial charge in [0.05, 0.1) is 38.5 Å². The van der Waals surface area contributed by atoms with E-state index in [1.54, 1.807) is 66.7 Å². The van der Waals surface area contributed by atoms with Crippen LogP contribution in [0.2, 0.25) is 0 Å². The van der Waals surface area contributed by atoms with Crippen LogP contribution in [0.1, 0.15) is 47.0 Å². The molecule has 5 aromatic rings. The number of Topliss-reactive ketones (excluding diaryl/α,β-unsaturated/α-hetero) is 1. The van der Waals surface area contributed by atoms with Crippen molar-refractivity contribution in [1.82, 2.24) is 4.98 Å². The number of fused-ring (bicyclic) bond motifs is 2. The van der Waals surface area contributed by atoms with E-state index in [-0.39, 0.29) is 16.8 Å². The van der Waals surface area contributed by atoms with Crippen LogP contribution >= 0.6 is 0 Å². The molecule has 1 aromatic heterocycles. The fraction of sp³-hybridized carbons (Fsp3) is 0.0606. The van der Waals surface area contributed by atoms with Gasteiger partial charge in [-0.1, -0.05) is 35.9 Å². The molecular formula is C33H21N3O7. The highest BCUT2D eigenvalue weighted by Crippen LogP contribution is 2.31. The molecule has 0 unspecified atom stereocenters. The third-order valence-electron chi connectivity index (χ3n) is 7.13. The largest absolute Gasteiger partial charge is 0.454 e. The number of nitro groups is 1. The Hall–Kier alpha value is -6.03. The number of carbonyl (C=O) groups is 4. The average molecular weight is 572 g/mol. The fourth-order valence-corrected chi connectivity index (χ4v) is 4.92. The Bertz CT molecular complexity index is 1950. The molecule has 0 radical (unpaired) electrons. The van der Waals surface area contributed by atoms with Crippen LogP contribution in [0, 0.1) is 17.0 Å². The maximum absolute atomic E-state index is 13.3. The highest BCUT2D eigenvalue weighted by molar-refractivity contribution is 6.34. The molecule has 210 valence electrons. The first-order chi connectivity index (χ1) is 20.7. The number of pyridine rings is 1. The summed E-state index contributed by atoms with van der Waals surface area (Å²) in [5.41, 5.74) is 3.79. The number of ketones is 1. The van der Waals surface area contributed by atoms with Gasteiger partial charge in [-0.25, -0.2) is 14.7 Å². The topological polar surface area (TPSA) is 137 Å². The highest BCUT2D eigenvalue weighted by Gasteiger charge is 2.36. The average Bonchev–Trinajstić information content (AvgIpc) is 3.28. The molecule has 43 heavy (non-hydrogen) atoms. The fourth-order valence-electron chi connectivity index (χ4n) is 4.92. The Balaban J connectivity index is 1.27. The molecule has 0 N–H and O–H groups in total. The number of non-ortho nitro benzene ring substituents is 1. The second-order valence-corrected chi connectivity index (χ2v) is 9.92. The lowest BCUT2D eigenvalue weighted by Gasteiger charge is -2.15. The van der Waals surface area contributed by atoms with Crippen molar-refractivity contribution in [3.8, 4) is 11.3 Å². The zero-order chi connectivity index (χ0) is 30.2. The zero-order valence-electron chi connectivity index (χ0n) is 22.6. The summed E-state index contributed by atoms with van der Waals surface area (Å²) in [5.74, 6) is -2.05. The van der Waals surface area contributed by atoms with E-state index in [1.165, 1.54) is 24.3 Å². The second-order valence-electron chi connectivity index (χ2n) is 9.92. The molecule has 0 saturated carbocycles. The maximum Gasteiger partial charge on any atom is 0.339 e. The molecule has 1 aliphatic heterocycles. The van der Waals surface area contributed by atoms with E-state index in [1.807, 2.05) is 13.0 Å². The number of esters is 1. The molecule has 2 heterocycles. The van der Waals surface area contributed by atoms with Crippen molar-refractivity contribution in [3.63, 3.8) is 0 Å². The van der Waals surface area contributed by atoms with Crippen LogP contribution in [0.5, 0.6) is 0 Å². The maximum atomic E-state index is 13.3. The molecule has 0 fully saturated rings. The Kier molecular flexibility index (Phi) is 6.79. The summed E-state index contributed by atoms with van der Waals surface area (Å²) in [7, 11) is 0. The molecule has 6 rings (SSSR count). The standard InChI is InChI=1S/C33H21N3O7/c1-19-6-15-28-26(16-19)27(33(40)43-18-30(37)21-9-13-23(14-10-21)36(41)42)17-29(34-28)20-7-11-22(12-8-20)35-31(38)24-4-2-3-5-25(24)32(35)39/h2-17H,18H2,1H3. The number of anilines is 1. The summed E-state index contributed by atoms with van der Waals surface area (Å²) in [6, 6.07) is 25.4. The lowest BCUT2D eigenvalue weighted by Crippen LogP contribution is -2.29. The number of imide groups is 1. The van der Waals surface area contributed by atoms with Gasteiger partial charge in [-0.05, 0) is 61.5 Å². The number of rotatable bonds is 7. The first-order valence-electron chi connectivity index (χ1n) is 13.2. The summed E-state index contributed by atoms with van der Waals surface area (Å²) in [6.07, 6.45) is 0. The van der Waals surface area contributed by atoms with Crippen LogP contribution in [0.25, 0.3) is 22.2 Å². The number of ether oxygens (including phenoxy) is 1. The van der Waals surface area contributed by atoms with Gasteiger partial charge < -0.3 is 4.74 Å². The van der Waals surface area contributed by atoms with Crippen molar-refractivity contribution < 1.29 is 28.8 Å². The van der Waals surface area contributed by atoms with Gasteiger partial charge in [0.25, 0.3) is 17.5 Å². The van der Waals surface area contributed by atoms with Gasteiger partial charge in [-0.15, -0.1) is 0 Å². The molecule has 0 bridgehead atoms. The summed E-state index contributed by atoms with van der Waals surface area (Å²) >= 11 is 0. The van der Waals surface area contributed by atoms with E-state index in [4.69, 9.17) is 9.72 Å². The van der Waals surface area contributed by atoms with Gasteiger partial charge in [0.1, 0.15) is 0 Å². The minimum Gasteiger partial charge on any atom is -0.454 e. The summed E-state index contributed by atoms with van der Waals surface area (Å²) in [4.78, 5) is 67.8. The first kappa shape index (κ1) is 27.2. The molecule has 4 aromatic carbocycles. The molecule has 10 heteroatoms. The zero-order valence-corrected chi connectivity index (χ0v) is 22.6. The summed E-state index contributed by atoms with van der Waals surface area (Å²) in [6.45, 7) is 1.31. The van der Waals surface area contributed by atoms with Gasteiger partial charge in [-0.2, -0.15) is 0 Å². The van der Waals surface area contributed by atoms with Crippen molar-refractivity contribution in [2.75, 3.05) is 11.5 Å². The van der Waals surface area contributed by atoms with Gasteiger partial charge in [0.2, 0.25) is 0 Å². The predicted molar refractivity (Wildman–Crippen MR) is 157 cm³/mol. The SMILES string of the molecule is Cc1ccc2nc(-c3ccc(N4C(=O)c5ccccc5C4=O)cc3)cc(C(=O)OCC(=O)c3ccc([N+](=O)[O-])cc3)c2c1. The number of nitro benzene ring substituents is 1. The van der Waals surface area contributed by atoms with Gasteiger partial charge >= 0.3 is 5.97 Å². The molecular weight excluding hydrogens is 550 g/mol. The van der Waals surface area contributed by atoms with Crippen LogP contribution in [-0.4, -0.2) is 40.1 Å². The van der Waals surface area contributed by atoms with Gasteiger partial charge in [0, 0.05) is 28.6 Å². The third-order valence-corrected chi connectivity index (χ3v) is 7.13. The van der Waals surface area contributed by atoms with E-state index >= 15 is 0 Å². The Labute approximate surface area is 244 Å². The van der Waals surface area contributed by atoms with Crippen LogP contribution in [0.3, 0.4) is 0 Å². The molecule has 10 nitrogen and oxygen atoms in total. The summed E-state index contributed by atoms with van der Waals surface area (Å²) < 4.78 is 5.37. The number of aryl methyl sites for hydroxylation is 1. The summed E-state index contributed by atoms with van der Waals surface area (Å²) in [5, 5.41) is 11.4. The van der Waals surface area contributed by atoms with Crippen molar-refractivity contribution in [3.05, 3.63) is 135 Å². The first-order valence-corrected chi connectivity index (χ1v) is 13.2. The number of hydrogen-bond acceptors (Lipinski definition) is 8. The second kappa shape index (κ2) is 10.7. The predicted octanol–water partition coefficient (Wildman–Crippen LogP) is 5.96. The van der Waals surface area contributed by atoms with E-state index in [0.29, 0.717) is 39.0 Å². The lowest BCUT2D eigenvalue weighted by atomic mass is 10.0. The molecule has 0 atom stereocenters. The number of carbonyl (C=O) groups excluding carboxylic acids is 4. The van der Waals surface area contributed by atoms with E-state index in [0.717, 1.165) is 10.5 Å². The molecule has 0 aliphatic carbocycles. The van der Waals surface area contributed by atoms with Crippen LogP contribution in [-0.2, 0) is 4.74 Å². The minimum atomic E-state index is -0.739. The Morgan fingerprint density at radius 3 is 2.14 bits per heavy atom. The molecule has 0 spiro atoms. The quantitative estimate of drug-likeness (QED) is 0.0767. The third kappa shape index (κ3) is 5.02. The van der Waals surface area contributed by atoms with Gasteiger partial charge in [0.15, 0.2) is 12.4 Å². The van der Waals surface area contributed by atoms with Gasteiger partial charge in [-0.3, -0.25) is 24.5 Å². The van der Waals surface area contributed by atoms with Crippen LogP contribution in [0.15, 0.2) is 97.1 Å².